The van der Waals surface area contributed by atoms with Crippen molar-refractivity contribution in [1.82, 2.24) is 0 Å². The zero-order chi connectivity index (χ0) is 18.4. The highest BCUT2D eigenvalue weighted by atomic mass is 35.5. The Morgan fingerprint density at radius 3 is 0.955 bits per heavy atom. The Morgan fingerprint density at radius 1 is 0.500 bits per heavy atom. The molecule has 0 rings (SSSR count). The quantitative estimate of drug-likeness (QED) is 0.299. The molecule has 0 heterocycles. The van der Waals surface area contributed by atoms with Crippen molar-refractivity contribution in [3.8, 4) is 0 Å². The number of halogens is 14. The molecule has 0 N–H and O–H groups in total. The Morgan fingerprint density at radius 2 is 0.773 bits per heavy atom. The summed E-state index contributed by atoms with van der Waals surface area (Å²) >= 11 is 3.56. The van der Waals surface area contributed by atoms with Crippen LogP contribution >= 0.6 is 11.6 Å². The van der Waals surface area contributed by atoms with Crippen LogP contribution in [0.5, 0.6) is 0 Å². The lowest BCUT2D eigenvalue weighted by Crippen LogP contribution is -2.68. The second kappa shape index (κ2) is 5.43. The van der Waals surface area contributed by atoms with E-state index in [0.29, 0.717) is 0 Å². The molecule has 0 fully saturated rings. The lowest BCUT2D eigenvalue weighted by molar-refractivity contribution is -0.584. The third kappa shape index (κ3) is 3.61. The van der Waals surface area contributed by atoms with Crippen LogP contribution in [0.1, 0.15) is 0 Å². The zero-order valence-electron chi connectivity index (χ0n) is 9.11. The van der Waals surface area contributed by atoms with E-state index in [2.05, 4.69) is 11.6 Å². The van der Waals surface area contributed by atoms with Gasteiger partial charge >= 0.3 is 35.6 Å². The van der Waals surface area contributed by atoms with Gasteiger partial charge in [-0.15, -0.1) is 0 Å². The monoisotopic (exact) mass is 386 g/mol. The standard InChI is InChI=1S/C6ClF13O2/c7-2(8,9)6(19,20)22-21-1(3(10,11)12,4(13,14)15)5(16,17)18. The van der Waals surface area contributed by atoms with Crippen molar-refractivity contribution in [3.05, 3.63) is 0 Å². The van der Waals surface area contributed by atoms with E-state index in [4.69, 9.17) is 0 Å². The smallest absolute Gasteiger partial charge is 0.194 e. The van der Waals surface area contributed by atoms with Gasteiger partial charge in [-0.05, 0) is 11.6 Å². The maximum Gasteiger partial charge on any atom is 0.461 e. The summed E-state index contributed by atoms with van der Waals surface area (Å²) in [5, 5.41) is -5.97. The van der Waals surface area contributed by atoms with Crippen LogP contribution in [0.4, 0.5) is 57.1 Å². The molecule has 0 aromatic rings. The molecule has 134 valence electrons. The second-order valence-corrected chi connectivity index (χ2v) is 3.83. The first-order chi connectivity index (χ1) is 9.21. The van der Waals surface area contributed by atoms with Gasteiger partial charge in [-0.3, -0.25) is 0 Å². The van der Waals surface area contributed by atoms with E-state index < -0.39 is 35.6 Å². The van der Waals surface area contributed by atoms with Gasteiger partial charge in [-0.25, -0.2) is 0 Å². The first kappa shape index (κ1) is 21.3. The molecule has 0 aliphatic carbocycles. The van der Waals surface area contributed by atoms with Crippen molar-refractivity contribution in [2.24, 2.45) is 0 Å². The molecule has 2 nitrogen and oxygen atoms in total. The minimum absolute atomic E-state index is 1.72. The van der Waals surface area contributed by atoms with Crippen LogP contribution < -0.4 is 0 Å². The summed E-state index contributed by atoms with van der Waals surface area (Å²) in [4.78, 5) is 3.49. The fourth-order valence-corrected chi connectivity index (χ4v) is 0.817. The highest BCUT2D eigenvalue weighted by molar-refractivity contribution is 6.22. The first-order valence-electron chi connectivity index (χ1n) is 4.22. The summed E-state index contributed by atoms with van der Waals surface area (Å²) < 4.78 is 158. The van der Waals surface area contributed by atoms with Crippen molar-refractivity contribution < 1.29 is 66.9 Å². The predicted molar refractivity (Wildman–Crippen MR) is 38.8 cm³/mol. The molecule has 0 unspecified atom stereocenters. The number of hydrogen-bond acceptors (Lipinski definition) is 2. The molecule has 0 aromatic heterocycles. The summed E-state index contributed by atoms with van der Waals surface area (Å²) in [5.74, 6) is 0. The Bertz CT molecular complexity index is 351. The van der Waals surface area contributed by atoms with Gasteiger partial charge in [0.2, 0.25) is 0 Å². The van der Waals surface area contributed by atoms with Crippen LogP contribution in [0, 0.1) is 0 Å². The van der Waals surface area contributed by atoms with E-state index >= 15 is 0 Å². The van der Waals surface area contributed by atoms with Crippen molar-refractivity contribution >= 4 is 11.6 Å². The summed E-state index contributed by atoms with van der Waals surface area (Å²) in [6, 6.07) is 0. The normalized spacial score (nSPS) is 16.1. The fourth-order valence-electron chi connectivity index (χ4n) is 0.786. The van der Waals surface area contributed by atoms with Crippen LogP contribution in [0.2, 0.25) is 0 Å². The molecule has 0 spiro atoms. The van der Waals surface area contributed by atoms with Gasteiger partial charge < -0.3 is 0 Å². The van der Waals surface area contributed by atoms with Crippen LogP contribution in [0.25, 0.3) is 0 Å². The molecule has 0 atom stereocenters. The van der Waals surface area contributed by atoms with Gasteiger partial charge in [0.1, 0.15) is 0 Å². The molecule has 16 heteroatoms. The molecule has 0 saturated heterocycles. The summed E-state index contributed by atoms with van der Waals surface area (Å²) in [7, 11) is 0. The topological polar surface area (TPSA) is 18.5 Å². The van der Waals surface area contributed by atoms with Crippen LogP contribution in [0.3, 0.4) is 0 Å². The van der Waals surface area contributed by atoms with E-state index in [9.17, 15) is 57.1 Å². The van der Waals surface area contributed by atoms with E-state index in [0.717, 1.165) is 0 Å². The molecule has 22 heavy (non-hydrogen) atoms. The second-order valence-electron chi connectivity index (χ2n) is 3.36. The largest absolute Gasteiger partial charge is 0.461 e. The highest BCUT2D eigenvalue weighted by Gasteiger charge is 2.87. The molecule has 0 bridgehead atoms. The van der Waals surface area contributed by atoms with E-state index in [1.165, 1.54) is 0 Å². The molecule has 0 aliphatic heterocycles. The molecule has 0 amide bonds. The zero-order valence-corrected chi connectivity index (χ0v) is 9.86. The number of rotatable bonds is 4. The average molecular weight is 386 g/mol. The Labute approximate surface area is 115 Å². The minimum Gasteiger partial charge on any atom is -0.194 e. The Balaban J connectivity index is 5.95. The Kier molecular flexibility index (Phi) is 5.26. The lowest BCUT2D eigenvalue weighted by atomic mass is 10.0. The predicted octanol–water partition coefficient (Wildman–Crippen LogP) is 4.78. The van der Waals surface area contributed by atoms with E-state index in [1.807, 2.05) is 0 Å². The summed E-state index contributed by atoms with van der Waals surface area (Å²) in [6.07, 6.45) is -28.8. The third-order valence-electron chi connectivity index (χ3n) is 1.80. The SMILES string of the molecule is FC(F)(F)C(OOC(F)(F)C(F)(F)Cl)(C(F)(F)F)C(F)(F)F. The van der Waals surface area contributed by atoms with E-state index in [1.54, 1.807) is 9.78 Å². The maximum atomic E-state index is 12.3. The Hall–Kier alpha value is -0.700. The van der Waals surface area contributed by atoms with Crippen LogP contribution in [-0.4, -0.2) is 35.6 Å². The first-order valence-corrected chi connectivity index (χ1v) is 4.60. The molecule has 0 radical (unpaired) electrons. The molecule has 0 aromatic carbocycles. The van der Waals surface area contributed by atoms with Crippen molar-refractivity contribution in [3.63, 3.8) is 0 Å². The molecular formula is C6ClF13O2. The van der Waals surface area contributed by atoms with Gasteiger partial charge in [0.05, 0.1) is 0 Å². The van der Waals surface area contributed by atoms with Gasteiger partial charge in [0.25, 0.3) is 0 Å². The van der Waals surface area contributed by atoms with Crippen LogP contribution in [-0.2, 0) is 9.78 Å². The van der Waals surface area contributed by atoms with Crippen LogP contribution in [0.15, 0.2) is 0 Å². The highest BCUT2D eigenvalue weighted by Crippen LogP contribution is 2.56. The van der Waals surface area contributed by atoms with Gasteiger partial charge in [0, 0.05) is 0 Å². The summed E-state index contributed by atoms with van der Waals surface area (Å²) in [5.41, 5.74) is -7.31. The number of alkyl halides is 14. The maximum absolute atomic E-state index is 12.3. The van der Waals surface area contributed by atoms with E-state index in [-0.39, 0.29) is 0 Å². The summed E-state index contributed by atoms with van der Waals surface area (Å²) in [6.45, 7) is 0. The average Bonchev–Trinajstić information content (AvgIpc) is 2.08. The lowest BCUT2D eigenvalue weighted by Gasteiger charge is -2.37. The minimum atomic E-state index is -7.44. The molecule has 0 aliphatic rings. The van der Waals surface area contributed by atoms with Gasteiger partial charge in [-0.2, -0.15) is 66.9 Å². The van der Waals surface area contributed by atoms with Gasteiger partial charge in [-0.1, -0.05) is 0 Å². The number of hydrogen-bond donors (Lipinski definition) is 0. The molecular weight excluding hydrogens is 386 g/mol. The molecule has 0 saturated carbocycles. The van der Waals surface area contributed by atoms with Crippen molar-refractivity contribution in [2.75, 3.05) is 0 Å². The van der Waals surface area contributed by atoms with Crippen molar-refractivity contribution in [1.29, 1.82) is 0 Å². The third-order valence-corrected chi connectivity index (χ3v) is 2.02. The van der Waals surface area contributed by atoms with Gasteiger partial charge in [0.15, 0.2) is 0 Å². The van der Waals surface area contributed by atoms with Crippen molar-refractivity contribution in [2.45, 2.75) is 35.6 Å². The fraction of sp³-hybridized carbons (Fsp3) is 1.00.